The zero-order chi connectivity index (χ0) is 21.8. The Kier molecular flexibility index (Phi) is 5.66. The van der Waals surface area contributed by atoms with E-state index in [0.717, 1.165) is 0 Å². The molecule has 0 aliphatic carbocycles. The van der Waals surface area contributed by atoms with Crippen molar-refractivity contribution in [3.8, 4) is 11.5 Å². The second-order valence-electron chi connectivity index (χ2n) is 6.77. The van der Waals surface area contributed by atoms with Gasteiger partial charge in [-0.25, -0.2) is 9.40 Å². The third-order valence-corrected chi connectivity index (χ3v) is 4.71. The standard InChI is InChI=1S/C24H19FN2O4/c1-30-21-12-6-8-17(22(21)31-15-16-7-5-9-18(25)13-16)14-20-23(28)26-27(24(20)29)19-10-3-2-4-11-19/h2-14H,15H2,1H3,(H,26,28)/b20-14+. The number of nitrogens with zero attached hydrogens (tertiary/aromatic N) is 1. The lowest BCUT2D eigenvalue weighted by Gasteiger charge is -2.14. The maximum atomic E-state index is 13.5. The van der Waals surface area contributed by atoms with Gasteiger partial charge in [-0.05, 0) is 42.0 Å². The fourth-order valence-corrected chi connectivity index (χ4v) is 3.22. The van der Waals surface area contributed by atoms with Gasteiger partial charge in [0.05, 0.1) is 12.8 Å². The van der Waals surface area contributed by atoms with Crippen molar-refractivity contribution in [2.45, 2.75) is 6.61 Å². The quantitative estimate of drug-likeness (QED) is 0.487. The molecule has 6 nitrogen and oxygen atoms in total. The van der Waals surface area contributed by atoms with Crippen molar-refractivity contribution in [3.63, 3.8) is 0 Å². The van der Waals surface area contributed by atoms with Crippen LogP contribution in [-0.4, -0.2) is 18.9 Å². The molecular formula is C24H19FN2O4. The summed E-state index contributed by atoms with van der Waals surface area (Å²) >= 11 is 0. The highest BCUT2D eigenvalue weighted by Gasteiger charge is 2.34. The van der Waals surface area contributed by atoms with E-state index in [1.807, 2.05) is 6.07 Å². The van der Waals surface area contributed by atoms with E-state index in [9.17, 15) is 14.0 Å². The summed E-state index contributed by atoms with van der Waals surface area (Å²) in [5.41, 5.74) is 4.21. The summed E-state index contributed by atoms with van der Waals surface area (Å²) < 4.78 is 24.8. The highest BCUT2D eigenvalue weighted by molar-refractivity contribution is 6.31. The number of hydrogen-bond donors (Lipinski definition) is 1. The minimum Gasteiger partial charge on any atom is -0.493 e. The number of amides is 2. The van der Waals surface area contributed by atoms with E-state index in [1.165, 1.54) is 30.3 Å². The molecule has 0 aromatic heterocycles. The summed E-state index contributed by atoms with van der Waals surface area (Å²) in [7, 11) is 1.49. The zero-order valence-electron chi connectivity index (χ0n) is 16.7. The van der Waals surface area contributed by atoms with Gasteiger partial charge in [-0.2, -0.15) is 0 Å². The molecule has 4 rings (SSSR count). The minimum atomic E-state index is -0.521. The fourth-order valence-electron chi connectivity index (χ4n) is 3.22. The molecule has 1 aliphatic heterocycles. The second-order valence-corrected chi connectivity index (χ2v) is 6.77. The summed E-state index contributed by atoms with van der Waals surface area (Å²) in [6.07, 6.45) is 1.46. The van der Waals surface area contributed by atoms with E-state index in [0.29, 0.717) is 28.3 Å². The number of benzene rings is 3. The Morgan fingerprint density at radius 3 is 2.52 bits per heavy atom. The van der Waals surface area contributed by atoms with Gasteiger partial charge in [0.2, 0.25) is 0 Å². The van der Waals surface area contributed by atoms with Crippen LogP contribution in [0.3, 0.4) is 0 Å². The number of hydrogen-bond acceptors (Lipinski definition) is 4. The van der Waals surface area contributed by atoms with Crippen LogP contribution in [0.25, 0.3) is 6.08 Å². The molecule has 1 fully saturated rings. The van der Waals surface area contributed by atoms with Crippen LogP contribution in [0.1, 0.15) is 11.1 Å². The summed E-state index contributed by atoms with van der Waals surface area (Å²) in [6, 6.07) is 20.0. The molecule has 31 heavy (non-hydrogen) atoms. The molecule has 1 N–H and O–H groups in total. The molecule has 0 radical (unpaired) electrons. The molecular weight excluding hydrogens is 399 g/mol. The lowest BCUT2D eigenvalue weighted by molar-refractivity contribution is -0.117. The van der Waals surface area contributed by atoms with E-state index < -0.39 is 11.8 Å². The van der Waals surface area contributed by atoms with Gasteiger partial charge in [0.15, 0.2) is 11.5 Å². The molecule has 1 heterocycles. The molecule has 0 saturated carbocycles. The van der Waals surface area contributed by atoms with Crippen molar-refractivity contribution in [1.29, 1.82) is 0 Å². The first-order valence-corrected chi connectivity index (χ1v) is 9.53. The highest BCUT2D eigenvalue weighted by atomic mass is 19.1. The van der Waals surface area contributed by atoms with Gasteiger partial charge in [-0.3, -0.25) is 15.0 Å². The first kappa shape index (κ1) is 20.2. The Morgan fingerprint density at radius 2 is 1.77 bits per heavy atom. The lowest BCUT2D eigenvalue weighted by Crippen LogP contribution is -2.35. The summed E-state index contributed by atoms with van der Waals surface area (Å²) in [4.78, 5) is 25.4. The Bertz CT molecular complexity index is 1160. The number of carbonyl (C=O) groups excluding carboxylic acids is 2. The van der Waals surface area contributed by atoms with Gasteiger partial charge in [0.1, 0.15) is 18.0 Å². The maximum absolute atomic E-state index is 13.5. The van der Waals surface area contributed by atoms with Crippen molar-refractivity contribution < 1.29 is 23.5 Å². The highest BCUT2D eigenvalue weighted by Crippen LogP contribution is 2.34. The zero-order valence-corrected chi connectivity index (χ0v) is 16.7. The monoisotopic (exact) mass is 418 g/mol. The molecule has 0 bridgehead atoms. The molecule has 3 aromatic rings. The van der Waals surface area contributed by atoms with Gasteiger partial charge in [-0.15, -0.1) is 0 Å². The number of para-hydroxylation sites is 2. The molecule has 2 amide bonds. The average Bonchev–Trinajstić information content (AvgIpc) is 3.07. The van der Waals surface area contributed by atoms with Gasteiger partial charge in [0.25, 0.3) is 11.8 Å². The van der Waals surface area contributed by atoms with E-state index >= 15 is 0 Å². The Labute approximate surface area is 178 Å². The van der Waals surface area contributed by atoms with E-state index in [2.05, 4.69) is 5.43 Å². The smallest absolute Gasteiger partial charge is 0.282 e. The number of hydrazine groups is 1. The van der Waals surface area contributed by atoms with Crippen LogP contribution >= 0.6 is 0 Å². The number of halogens is 1. The Balaban J connectivity index is 1.65. The van der Waals surface area contributed by atoms with Crippen LogP contribution in [-0.2, 0) is 16.2 Å². The molecule has 7 heteroatoms. The van der Waals surface area contributed by atoms with Crippen LogP contribution in [0.2, 0.25) is 0 Å². The normalized spacial score (nSPS) is 14.6. The minimum absolute atomic E-state index is 0.0345. The third-order valence-electron chi connectivity index (χ3n) is 4.71. The molecule has 0 atom stereocenters. The molecule has 1 saturated heterocycles. The Hall–Kier alpha value is -4.13. The molecule has 1 aliphatic rings. The number of carbonyl (C=O) groups is 2. The van der Waals surface area contributed by atoms with Crippen LogP contribution in [0.4, 0.5) is 10.1 Å². The van der Waals surface area contributed by atoms with Crippen molar-refractivity contribution in [2.75, 3.05) is 12.1 Å². The number of ether oxygens (including phenoxy) is 2. The van der Waals surface area contributed by atoms with Crippen molar-refractivity contribution in [3.05, 3.63) is 95.3 Å². The maximum Gasteiger partial charge on any atom is 0.282 e. The predicted molar refractivity (Wildman–Crippen MR) is 114 cm³/mol. The summed E-state index contributed by atoms with van der Waals surface area (Å²) in [5, 5.41) is 1.20. The van der Waals surface area contributed by atoms with Crippen molar-refractivity contribution in [2.24, 2.45) is 0 Å². The SMILES string of the molecule is COc1cccc(/C=C2\C(=O)NN(c3ccccc3)C2=O)c1OCc1cccc(F)c1. The van der Waals surface area contributed by atoms with Crippen molar-refractivity contribution in [1.82, 2.24) is 5.43 Å². The topological polar surface area (TPSA) is 67.9 Å². The van der Waals surface area contributed by atoms with Gasteiger partial charge in [0, 0.05) is 5.56 Å². The summed E-state index contributed by atoms with van der Waals surface area (Å²) in [6.45, 7) is 0.0879. The van der Waals surface area contributed by atoms with Crippen LogP contribution < -0.4 is 19.9 Å². The number of nitrogens with one attached hydrogen (secondary N) is 1. The van der Waals surface area contributed by atoms with Crippen LogP contribution in [0, 0.1) is 5.82 Å². The third kappa shape index (κ3) is 4.25. The first-order chi connectivity index (χ1) is 15.1. The fraction of sp³-hybridized carbons (Fsp3) is 0.0833. The van der Waals surface area contributed by atoms with Crippen LogP contribution in [0.15, 0.2) is 78.4 Å². The second kappa shape index (κ2) is 8.71. The largest absolute Gasteiger partial charge is 0.493 e. The van der Waals surface area contributed by atoms with E-state index in [-0.39, 0.29) is 18.0 Å². The molecule has 0 unspecified atom stereocenters. The number of anilines is 1. The van der Waals surface area contributed by atoms with Gasteiger partial charge >= 0.3 is 0 Å². The van der Waals surface area contributed by atoms with E-state index in [4.69, 9.17) is 9.47 Å². The van der Waals surface area contributed by atoms with Crippen LogP contribution in [0.5, 0.6) is 11.5 Å². The van der Waals surface area contributed by atoms with Crippen molar-refractivity contribution >= 4 is 23.6 Å². The molecule has 3 aromatic carbocycles. The predicted octanol–water partition coefficient (Wildman–Crippen LogP) is 3.87. The summed E-state index contributed by atoms with van der Waals surface area (Å²) in [5.74, 6) is -0.586. The number of rotatable bonds is 6. The van der Waals surface area contributed by atoms with E-state index in [1.54, 1.807) is 54.6 Å². The molecule has 156 valence electrons. The van der Waals surface area contributed by atoms with Gasteiger partial charge < -0.3 is 9.47 Å². The first-order valence-electron chi connectivity index (χ1n) is 9.53. The average molecular weight is 418 g/mol. The Morgan fingerprint density at radius 1 is 1.00 bits per heavy atom. The lowest BCUT2D eigenvalue weighted by atomic mass is 10.1. The van der Waals surface area contributed by atoms with Gasteiger partial charge in [-0.1, -0.05) is 42.5 Å². The number of methoxy groups -OCH3 is 1. The molecule has 0 spiro atoms.